The number of aromatic nitrogens is 3. The van der Waals surface area contributed by atoms with E-state index in [4.69, 9.17) is 0 Å². The third-order valence-electron chi connectivity index (χ3n) is 6.42. The third-order valence-corrected chi connectivity index (χ3v) is 6.42. The number of hydrogen-bond donors (Lipinski definition) is 0. The summed E-state index contributed by atoms with van der Waals surface area (Å²) >= 11 is 0. The average molecular weight is 409 g/mol. The fraction of sp³-hybridized carbons (Fsp3) is 0. The topological polar surface area (TPSA) is 22.2 Å². The Balaban J connectivity index is 1.54. The number of benzene rings is 4. The highest BCUT2D eigenvalue weighted by Crippen LogP contribution is 2.37. The normalized spacial score (nSPS) is 11.8. The van der Waals surface area contributed by atoms with E-state index in [2.05, 4.69) is 117 Å². The van der Waals surface area contributed by atoms with Crippen LogP contribution in [0.2, 0.25) is 0 Å². The number of fused-ring (bicyclic) bond motifs is 6. The summed E-state index contributed by atoms with van der Waals surface area (Å²) in [5.74, 6) is 0. The highest BCUT2D eigenvalue weighted by atomic mass is 15.0. The summed E-state index contributed by atoms with van der Waals surface area (Å²) in [6, 6.07) is 34.8. The molecule has 7 aromatic rings. The molecule has 7 rings (SSSR count). The molecule has 0 radical (unpaired) electrons. The van der Waals surface area contributed by atoms with Gasteiger partial charge in [0, 0.05) is 40.4 Å². The quantitative estimate of drug-likeness (QED) is 0.295. The van der Waals surface area contributed by atoms with E-state index >= 15 is 0 Å². The zero-order valence-corrected chi connectivity index (χ0v) is 17.3. The Morgan fingerprint density at radius 2 is 1.38 bits per heavy atom. The van der Waals surface area contributed by atoms with Crippen LogP contribution in [0, 0.1) is 0 Å². The highest BCUT2D eigenvalue weighted by molar-refractivity contribution is 6.12. The molecule has 0 fully saturated rings. The molecule has 3 heterocycles. The van der Waals surface area contributed by atoms with Gasteiger partial charge in [-0.3, -0.25) is 0 Å². The summed E-state index contributed by atoms with van der Waals surface area (Å²) in [5, 5.41) is 4.92. The molecule has 0 spiro atoms. The molecule has 0 atom stereocenters. The van der Waals surface area contributed by atoms with Crippen molar-refractivity contribution in [2.45, 2.75) is 0 Å². The van der Waals surface area contributed by atoms with Crippen LogP contribution >= 0.6 is 0 Å². The third kappa shape index (κ3) is 2.39. The molecule has 0 saturated heterocycles. The first-order valence-electron chi connectivity index (χ1n) is 10.8. The van der Waals surface area contributed by atoms with Crippen molar-refractivity contribution in [3.8, 4) is 16.8 Å². The minimum absolute atomic E-state index is 0.992. The van der Waals surface area contributed by atoms with Gasteiger partial charge in [0.05, 0.1) is 11.0 Å². The second-order valence-corrected chi connectivity index (χ2v) is 8.16. The van der Waals surface area contributed by atoms with Crippen LogP contribution in [0.15, 0.2) is 116 Å². The van der Waals surface area contributed by atoms with E-state index in [0.29, 0.717) is 0 Å². The number of nitrogens with zero attached hydrogens (tertiary/aromatic N) is 3. The van der Waals surface area contributed by atoms with Crippen LogP contribution < -0.4 is 0 Å². The van der Waals surface area contributed by atoms with E-state index in [1.807, 2.05) is 12.4 Å². The minimum atomic E-state index is 0.992. The van der Waals surface area contributed by atoms with Gasteiger partial charge in [0.1, 0.15) is 5.65 Å². The van der Waals surface area contributed by atoms with Gasteiger partial charge in [0.15, 0.2) is 0 Å². The zero-order chi connectivity index (χ0) is 21.1. The molecule has 150 valence electrons. The molecule has 3 aromatic heterocycles. The summed E-state index contributed by atoms with van der Waals surface area (Å²) in [7, 11) is 0. The fourth-order valence-electron chi connectivity index (χ4n) is 4.98. The molecule has 4 aromatic carbocycles. The molecule has 0 bridgehead atoms. The van der Waals surface area contributed by atoms with Crippen molar-refractivity contribution < 1.29 is 0 Å². The predicted octanol–water partition coefficient (Wildman–Crippen LogP) is 7.25. The smallest absolute Gasteiger partial charge is 0.144 e. The van der Waals surface area contributed by atoms with E-state index in [0.717, 1.165) is 5.65 Å². The summed E-state index contributed by atoms with van der Waals surface area (Å²) in [6.07, 6.45) is 5.94. The van der Waals surface area contributed by atoms with Crippen molar-refractivity contribution in [1.82, 2.24) is 14.0 Å². The fourth-order valence-corrected chi connectivity index (χ4v) is 4.98. The summed E-state index contributed by atoms with van der Waals surface area (Å²) < 4.78 is 4.43. The first-order valence-corrected chi connectivity index (χ1v) is 10.8. The molecule has 3 heteroatoms. The van der Waals surface area contributed by atoms with E-state index in [1.165, 1.54) is 49.4 Å². The van der Waals surface area contributed by atoms with Crippen LogP contribution in [-0.4, -0.2) is 14.0 Å². The standard InChI is InChI=1S/C29H19N3/c1-2-7-21(8-3-1)32-27-12-5-4-9-24(27)26-19-20(13-14-28(26)32)22-10-6-11-25-23(22)15-17-31-18-16-30-29(25)31/h1-19H. The molecule has 3 nitrogen and oxygen atoms in total. The average Bonchev–Trinajstić information content (AvgIpc) is 3.47. The van der Waals surface area contributed by atoms with Gasteiger partial charge in [0.2, 0.25) is 0 Å². The van der Waals surface area contributed by atoms with E-state index in [1.54, 1.807) is 0 Å². The Labute approximate surface area is 184 Å². The number of pyridine rings is 1. The van der Waals surface area contributed by atoms with Crippen molar-refractivity contribution in [3.63, 3.8) is 0 Å². The van der Waals surface area contributed by atoms with Gasteiger partial charge >= 0.3 is 0 Å². The van der Waals surface area contributed by atoms with Crippen LogP contribution in [0.5, 0.6) is 0 Å². The molecule has 0 saturated carbocycles. The largest absolute Gasteiger partial charge is 0.309 e. The van der Waals surface area contributed by atoms with Crippen molar-refractivity contribution in [1.29, 1.82) is 0 Å². The number of imidazole rings is 1. The van der Waals surface area contributed by atoms with Crippen LogP contribution in [0.4, 0.5) is 0 Å². The molecule has 0 unspecified atom stereocenters. The van der Waals surface area contributed by atoms with Crippen molar-refractivity contribution in [3.05, 3.63) is 116 Å². The van der Waals surface area contributed by atoms with Gasteiger partial charge in [-0.25, -0.2) is 4.98 Å². The van der Waals surface area contributed by atoms with Gasteiger partial charge < -0.3 is 8.97 Å². The second-order valence-electron chi connectivity index (χ2n) is 8.16. The van der Waals surface area contributed by atoms with Crippen LogP contribution in [0.25, 0.3) is 55.0 Å². The Hall–Kier alpha value is -4.37. The molecule has 0 aliphatic heterocycles. The molecule has 0 aliphatic rings. The van der Waals surface area contributed by atoms with Crippen LogP contribution in [0.3, 0.4) is 0 Å². The van der Waals surface area contributed by atoms with Crippen LogP contribution in [-0.2, 0) is 0 Å². The maximum atomic E-state index is 4.57. The number of rotatable bonds is 2. The Morgan fingerprint density at radius 3 is 2.31 bits per heavy atom. The molecular weight excluding hydrogens is 390 g/mol. The lowest BCUT2D eigenvalue weighted by Crippen LogP contribution is -1.93. The predicted molar refractivity (Wildman–Crippen MR) is 132 cm³/mol. The molecule has 0 aliphatic carbocycles. The monoisotopic (exact) mass is 409 g/mol. The second kappa shape index (κ2) is 6.56. The SMILES string of the molecule is c1ccc(-n2c3ccccc3c3cc(-c4cccc5c4ccn4ccnc54)ccc32)cc1. The summed E-state index contributed by atoms with van der Waals surface area (Å²) in [6.45, 7) is 0. The maximum absolute atomic E-state index is 4.57. The lowest BCUT2D eigenvalue weighted by atomic mass is 9.97. The first kappa shape index (κ1) is 17.3. The number of para-hydroxylation sites is 2. The van der Waals surface area contributed by atoms with Gasteiger partial charge in [0.25, 0.3) is 0 Å². The van der Waals surface area contributed by atoms with Crippen LogP contribution in [0.1, 0.15) is 0 Å². The van der Waals surface area contributed by atoms with E-state index in [9.17, 15) is 0 Å². The zero-order valence-electron chi connectivity index (χ0n) is 17.3. The summed E-state index contributed by atoms with van der Waals surface area (Å²) in [4.78, 5) is 4.57. The van der Waals surface area contributed by atoms with Crippen molar-refractivity contribution in [2.75, 3.05) is 0 Å². The highest BCUT2D eigenvalue weighted by Gasteiger charge is 2.14. The molecule has 0 amide bonds. The lowest BCUT2D eigenvalue weighted by Gasteiger charge is -2.10. The van der Waals surface area contributed by atoms with Gasteiger partial charge in [-0.15, -0.1) is 0 Å². The Kier molecular flexibility index (Phi) is 3.55. The van der Waals surface area contributed by atoms with Gasteiger partial charge in [-0.2, -0.15) is 0 Å². The van der Waals surface area contributed by atoms with E-state index in [-0.39, 0.29) is 0 Å². The van der Waals surface area contributed by atoms with Gasteiger partial charge in [-0.05, 0) is 52.9 Å². The maximum Gasteiger partial charge on any atom is 0.144 e. The Bertz CT molecular complexity index is 1770. The van der Waals surface area contributed by atoms with Crippen molar-refractivity contribution in [2.24, 2.45) is 0 Å². The summed E-state index contributed by atoms with van der Waals surface area (Å²) in [5.41, 5.74) is 7.06. The minimum Gasteiger partial charge on any atom is -0.309 e. The Morgan fingerprint density at radius 1 is 0.562 bits per heavy atom. The molecule has 32 heavy (non-hydrogen) atoms. The van der Waals surface area contributed by atoms with Gasteiger partial charge in [-0.1, -0.05) is 60.7 Å². The van der Waals surface area contributed by atoms with Crippen molar-refractivity contribution >= 4 is 38.2 Å². The molecular formula is C29H19N3. The first-order chi connectivity index (χ1) is 15.9. The van der Waals surface area contributed by atoms with E-state index < -0.39 is 0 Å². The lowest BCUT2D eigenvalue weighted by molar-refractivity contribution is 1.18. The molecule has 0 N–H and O–H groups in total. The number of hydrogen-bond acceptors (Lipinski definition) is 1.